The highest BCUT2D eigenvalue weighted by atomic mass is 16.6. The minimum atomic E-state index is -1.53. The lowest BCUT2D eigenvalue weighted by Crippen LogP contribution is -2.65. The number of aliphatic hydroxyl groups is 3. The van der Waals surface area contributed by atoms with Gasteiger partial charge in [-0.2, -0.15) is 0 Å². The number of rotatable bonds is 3. The van der Waals surface area contributed by atoms with Crippen molar-refractivity contribution in [3.05, 3.63) is 0 Å². The molecule has 0 unspecified atom stereocenters. The highest BCUT2D eigenvalue weighted by Gasteiger charge is 2.46. The normalized spacial score (nSPS) is 35.9. The smallest absolute Gasteiger partial charge is 0.404 e. The summed E-state index contributed by atoms with van der Waals surface area (Å²) in [4.78, 5) is 21.6. The Balaban J connectivity index is 2.84. The SMILES string of the molecule is CC(=O)N[C@@H]1[C@@H](O)[C@H](OC(N)=O)[C@@H](CO)O[C@@H]1O. The number of hydrogen-bond acceptors (Lipinski definition) is 7. The van der Waals surface area contributed by atoms with Crippen molar-refractivity contribution in [2.75, 3.05) is 6.61 Å². The Morgan fingerprint density at radius 3 is 2.50 bits per heavy atom. The Labute approximate surface area is 102 Å². The number of aliphatic hydroxyl groups excluding tert-OH is 3. The molecule has 0 aromatic rings. The van der Waals surface area contributed by atoms with Crippen LogP contribution >= 0.6 is 0 Å². The van der Waals surface area contributed by atoms with Crippen molar-refractivity contribution in [1.82, 2.24) is 5.32 Å². The summed E-state index contributed by atoms with van der Waals surface area (Å²) in [6, 6.07) is -1.19. The number of ether oxygens (including phenoxy) is 2. The van der Waals surface area contributed by atoms with Gasteiger partial charge < -0.3 is 35.8 Å². The van der Waals surface area contributed by atoms with Crippen LogP contribution in [0.25, 0.3) is 0 Å². The topological polar surface area (TPSA) is 151 Å². The molecule has 1 aliphatic heterocycles. The van der Waals surface area contributed by atoms with Crippen molar-refractivity contribution in [2.45, 2.75) is 37.6 Å². The highest BCUT2D eigenvalue weighted by molar-refractivity contribution is 5.73. The quantitative estimate of drug-likeness (QED) is 0.365. The van der Waals surface area contributed by atoms with Crippen LogP contribution in [0, 0.1) is 0 Å². The van der Waals surface area contributed by atoms with Gasteiger partial charge in [-0.25, -0.2) is 4.79 Å². The van der Waals surface area contributed by atoms with E-state index in [0.29, 0.717) is 0 Å². The maximum atomic E-state index is 10.9. The van der Waals surface area contributed by atoms with E-state index in [1.165, 1.54) is 6.92 Å². The fraction of sp³-hybridized carbons (Fsp3) is 0.778. The van der Waals surface area contributed by atoms with E-state index in [0.717, 1.165) is 0 Å². The third-order valence-corrected chi connectivity index (χ3v) is 2.49. The van der Waals surface area contributed by atoms with E-state index in [-0.39, 0.29) is 0 Å². The molecule has 1 fully saturated rings. The molecule has 0 aromatic heterocycles. The Morgan fingerprint density at radius 1 is 1.44 bits per heavy atom. The summed E-state index contributed by atoms with van der Waals surface area (Å²) >= 11 is 0. The van der Waals surface area contributed by atoms with Crippen LogP contribution in [0.2, 0.25) is 0 Å². The molecule has 18 heavy (non-hydrogen) atoms. The van der Waals surface area contributed by atoms with Gasteiger partial charge in [-0.3, -0.25) is 4.79 Å². The first-order chi connectivity index (χ1) is 8.36. The van der Waals surface area contributed by atoms with Crippen molar-refractivity contribution in [1.29, 1.82) is 0 Å². The van der Waals surface area contributed by atoms with E-state index in [9.17, 15) is 19.8 Å². The molecule has 1 saturated heterocycles. The van der Waals surface area contributed by atoms with Crippen molar-refractivity contribution in [3.8, 4) is 0 Å². The lowest BCUT2D eigenvalue weighted by atomic mass is 9.97. The van der Waals surface area contributed by atoms with E-state index in [1.807, 2.05) is 0 Å². The van der Waals surface area contributed by atoms with Crippen LogP contribution < -0.4 is 11.1 Å². The number of nitrogens with one attached hydrogen (secondary N) is 1. The second-order valence-corrected chi connectivity index (χ2v) is 3.87. The number of primary amides is 1. The molecule has 0 bridgehead atoms. The lowest BCUT2D eigenvalue weighted by Gasteiger charge is -2.41. The molecule has 0 aliphatic carbocycles. The molecule has 6 N–H and O–H groups in total. The molecule has 2 amide bonds. The largest absolute Gasteiger partial charge is 0.441 e. The second kappa shape index (κ2) is 5.96. The van der Waals surface area contributed by atoms with Gasteiger partial charge in [-0.1, -0.05) is 0 Å². The van der Waals surface area contributed by atoms with Crippen molar-refractivity contribution in [3.63, 3.8) is 0 Å². The first-order valence-corrected chi connectivity index (χ1v) is 5.22. The number of carbonyl (C=O) groups excluding carboxylic acids is 2. The van der Waals surface area contributed by atoms with Crippen LogP contribution in [0.4, 0.5) is 4.79 Å². The number of amides is 2. The zero-order valence-corrected chi connectivity index (χ0v) is 9.65. The predicted molar refractivity (Wildman–Crippen MR) is 56.0 cm³/mol. The van der Waals surface area contributed by atoms with E-state index in [1.54, 1.807) is 0 Å². The molecule has 0 radical (unpaired) electrons. The van der Waals surface area contributed by atoms with Crippen molar-refractivity contribution < 1.29 is 34.4 Å². The van der Waals surface area contributed by atoms with Crippen LogP contribution in [-0.2, 0) is 14.3 Å². The molecule has 104 valence electrons. The van der Waals surface area contributed by atoms with Crippen LogP contribution in [0.1, 0.15) is 6.92 Å². The minimum absolute atomic E-state index is 0.512. The second-order valence-electron chi connectivity index (χ2n) is 3.87. The van der Waals surface area contributed by atoms with Crippen LogP contribution in [0.3, 0.4) is 0 Å². The summed E-state index contributed by atoms with van der Waals surface area (Å²) in [5, 5.41) is 30.7. The van der Waals surface area contributed by atoms with Gasteiger partial charge in [-0.15, -0.1) is 0 Å². The van der Waals surface area contributed by atoms with Gasteiger partial charge in [0.25, 0.3) is 0 Å². The molecule has 5 atom stereocenters. The fourth-order valence-electron chi connectivity index (χ4n) is 1.75. The number of hydrogen-bond donors (Lipinski definition) is 5. The van der Waals surface area contributed by atoms with Crippen molar-refractivity contribution in [2.24, 2.45) is 5.73 Å². The molecule has 1 heterocycles. The van der Waals surface area contributed by atoms with Gasteiger partial charge in [0.05, 0.1) is 6.61 Å². The Morgan fingerprint density at radius 2 is 2.06 bits per heavy atom. The molecule has 1 rings (SSSR count). The van der Waals surface area contributed by atoms with Gasteiger partial charge in [0.2, 0.25) is 5.91 Å². The van der Waals surface area contributed by atoms with Crippen LogP contribution in [0.15, 0.2) is 0 Å². The standard InChI is InChI=1S/C9H16N2O7/c1-3(13)11-5-6(14)7(18-9(10)16)4(2-12)17-8(5)15/h4-8,12,14-15H,2H2,1H3,(H2,10,16)(H,11,13)/t4-,5-,6-,7-,8+/m1/s1. The average Bonchev–Trinajstić information content (AvgIpc) is 2.27. The maximum Gasteiger partial charge on any atom is 0.404 e. The summed E-state index contributed by atoms with van der Waals surface area (Å²) in [7, 11) is 0. The Hall–Kier alpha value is -1.42. The highest BCUT2D eigenvalue weighted by Crippen LogP contribution is 2.22. The predicted octanol–water partition coefficient (Wildman–Crippen LogP) is -2.97. The van der Waals surface area contributed by atoms with Gasteiger partial charge in [0.15, 0.2) is 12.4 Å². The molecular weight excluding hydrogens is 248 g/mol. The van der Waals surface area contributed by atoms with Gasteiger partial charge in [0.1, 0.15) is 18.2 Å². The first kappa shape index (κ1) is 14.6. The molecule has 0 saturated carbocycles. The molecule has 0 aromatic carbocycles. The summed E-state index contributed by atoms with van der Waals surface area (Å²) < 4.78 is 9.54. The summed E-state index contributed by atoms with van der Waals surface area (Å²) in [5.74, 6) is -0.512. The van der Waals surface area contributed by atoms with Gasteiger partial charge >= 0.3 is 6.09 Å². The first-order valence-electron chi connectivity index (χ1n) is 5.22. The fourth-order valence-corrected chi connectivity index (χ4v) is 1.75. The molecule has 9 nitrogen and oxygen atoms in total. The average molecular weight is 264 g/mol. The van der Waals surface area contributed by atoms with E-state index in [2.05, 4.69) is 10.1 Å². The van der Waals surface area contributed by atoms with Crippen LogP contribution in [-0.4, -0.2) is 64.6 Å². The summed E-state index contributed by atoms with van der Waals surface area (Å²) in [6.07, 6.45) is -6.57. The number of carbonyl (C=O) groups is 2. The monoisotopic (exact) mass is 264 g/mol. The lowest BCUT2D eigenvalue weighted by molar-refractivity contribution is -0.252. The molecule has 9 heteroatoms. The zero-order chi connectivity index (χ0) is 13.9. The molecular formula is C9H16N2O7. The van der Waals surface area contributed by atoms with Gasteiger partial charge in [-0.05, 0) is 0 Å². The summed E-state index contributed by atoms with van der Waals surface area (Å²) in [6.45, 7) is 0.584. The zero-order valence-electron chi connectivity index (χ0n) is 9.65. The third-order valence-electron chi connectivity index (χ3n) is 2.49. The van der Waals surface area contributed by atoms with E-state index < -0.39 is 49.3 Å². The minimum Gasteiger partial charge on any atom is -0.441 e. The maximum absolute atomic E-state index is 10.9. The Bertz CT molecular complexity index is 324. The Kier molecular flexibility index (Phi) is 4.84. The van der Waals surface area contributed by atoms with E-state index in [4.69, 9.17) is 15.6 Å². The van der Waals surface area contributed by atoms with Gasteiger partial charge in [0, 0.05) is 6.92 Å². The number of nitrogens with two attached hydrogens (primary N) is 1. The summed E-state index contributed by atoms with van der Waals surface area (Å²) in [5.41, 5.74) is 4.82. The molecule has 0 spiro atoms. The van der Waals surface area contributed by atoms with Crippen molar-refractivity contribution >= 4 is 12.0 Å². The molecule has 1 aliphatic rings. The van der Waals surface area contributed by atoms with Crippen LogP contribution in [0.5, 0.6) is 0 Å². The third kappa shape index (κ3) is 3.29. The van der Waals surface area contributed by atoms with E-state index >= 15 is 0 Å².